The van der Waals surface area contributed by atoms with Crippen LogP contribution in [-0.2, 0) is 0 Å². The minimum atomic E-state index is 0.509. The molecule has 0 saturated heterocycles. The number of amidine groups is 1. The zero-order chi connectivity index (χ0) is 13.0. The molecule has 3 nitrogen and oxygen atoms in total. The second-order valence-corrected chi connectivity index (χ2v) is 4.48. The first-order valence-electron chi connectivity index (χ1n) is 6.01. The van der Waals surface area contributed by atoms with Gasteiger partial charge in [-0.25, -0.2) is 4.99 Å². The number of hydrogen-bond donors (Lipinski definition) is 1. The Labute approximate surface area is 107 Å². The number of pyridine rings is 1. The van der Waals surface area contributed by atoms with Gasteiger partial charge in [-0.15, -0.1) is 0 Å². The Bertz CT molecular complexity index is 527. The SMILES string of the molecule is CC(C)c1ccc(N=C(N)c2ccncc2)cc1. The molecule has 3 heteroatoms. The van der Waals surface area contributed by atoms with Crippen LogP contribution in [0.3, 0.4) is 0 Å². The number of benzene rings is 1. The van der Waals surface area contributed by atoms with E-state index in [1.807, 2.05) is 24.3 Å². The predicted molar refractivity (Wildman–Crippen MR) is 75.2 cm³/mol. The molecular weight excluding hydrogens is 222 g/mol. The lowest BCUT2D eigenvalue weighted by Gasteiger charge is -2.05. The Morgan fingerprint density at radius 2 is 1.67 bits per heavy atom. The highest BCUT2D eigenvalue weighted by Gasteiger charge is 2.00. The highest BCUT2D eigenvalue weighted by Crippen LogP contribution is 2.19. The van der Waals surface area contributed by atoms with E-state index in [9.17, 15) is 0 Å². The summed E-state index contributed by atoms with van der Waals surface area (Å²) in [5.74, 6) is 1.04. The maximum atomic E-state index is 5.95. The number of hydrogen-bond acceptors (Lipinski definition) is 2. The van der Waals surface area contributed by atoms with E-state index in [4.69, 9.17) is 5.73 Å². The molecule has 1 heterocycles. The summed E-state index contributed by atoms with van der Waals surface area (Å²) in [6, 6.07) is 11.8. The standard InChI is InChI=1S/C15H17N3/c1-11(2)12-3-5-14(6-4-12)18-15(16)13-7-9-17-10-8-13/h3-11H,1-2H3,(H2,16,18). The Balaban J connectivity index is 2.23. The van der Waals surface area contributed by atoms with Gasteiger partial charge in [-0.05, 0) is 35.7 Å². The summed E-state index contributed by atoms with van der Waals surface area (Å²) >= 11 is 0. The fourth-order valence-corrected chi connectivity index (χ4v) is 1.66. The number of rotatable bonds is 3. The first kappa shape index (κ1) is 12.3. The topological polar surface area (TPSA) is 51.3 Å². The van der Waals surface area contributed by atoms with Crippen LogP contribution in [0, 0.1) is 0 Å². The molecule has 0 aliphatic carbocycles. The molecule has 2 N–H and O–H groups in total. The summed E-state index contributed by atoms with van der Waals surface area (Å²) in [6.07, 6.45) is 3.42. The van der Waals surface area contributed by atoms with E-state index in [0.717, 1.165) is 11.3 Å². The van der Waals surface area contributed by atoms with Crippen molar-refractivity contribution in [1.29, 1.82) is 0 Å². The van der Waals surface area contributed by atoms with Gasteiger partial charge in [-0.1, -0.05) is 26.0 Å². The Morgan fingerprint density at radius 3 is 2.22 bits per heavy atom. The van der Waals surface area contributed by atoms with Crippen molar-refractivity contribution in [2.24, 2.45) is 10.7 Å². The Kier molecular flexibility index (Phi) is 3.72. The van der Waals surface area contributed by atoms with Crippen LogP contribution in [0.25, 0.3) is 0 Å². The average molecular weight is 239 g/mol. The van der Waals surface area contributed by atoms with Crippen LogP contribution in [0.5, 0.6) is 0 Å². The van der Waals surface area contributed by atoms with E-state index in [0.29, 0.717) is 11.8 Å². The maximum absolute atomic E-state index is 5.95. The van der Waals surface area contributed by atoms with E-state index in [1.54, 1.807) is 12.4 Å². The third-order valence-electron chi connectivity index (χ3n) is 2.79. The fourth-order valence-electron chi connectivity index (χ4n) is 1.66. The Hall–Kier alpha value is -2.16. The molecule has 0 radical (unpaired) electrons. The molecule has 92 valence electrons. The smallest absolute Gasteiger partial charge is 0.131 e. The number of nitrogens with two attached hydrogens (primary N) is 1. The first-order chi connectivity index (χ1) is 8.66. The van der Waals surface area contributed by atoms with Crippen LogP contribution in [-0.4, -0.2) is 10.8 Å². The maximum Gasteiger partial charge on any atom is 0.131 e. The molecule has 0 spiro atoms. The van der Waals surface area contributed by atoms with Crippen molar-refractivity contribution in [2.45, 2.75) is 19.8 Å². The fraction of sp³-hybridized carbons (Fsp3) is 0.200. The van der Waals surface area contributed by atoms with Gasteiger partial charge in [0.2, 0.25) is 0 Å². The van der Waals surface area contributed by atoms with Gasteiger partial charge < -0.3 is 5.73 Å². The van der Waals surface area contributed by atoms with Crippen LogP contribution in [0.1, 0.15) is 30.9 Å². The zero-order valence-electron chi connectivity index (χ0n) is 10.7. The molecule has 0 aliphatic rings. The van der Waals surface area contributed by atoms with Crippen LogP contribution >= 0.6 is 0 Å². The quantitative estimate of drug-likeness (QED) is 0.660. The van der Waals surface area contributed by atoms with Crippen LogP contribution in [0.2, 0.25) is 0 Å². The monoisotopic (exact) mass is 239 g/mol. The third-order valence-corrected chi connectivity index (χ3v) is 2.79. The van der Waals surface area contributed by atoms with Gasteiger partial charge in [-0.3, -0.25) is 4.98 Å². The molecule has 0 atom stereocenters. The van der Waals surface area contributed by atoms with Gasteiger partial charge >= 0.3 is 0 Å². The number of aromatic nitrogens is 1. The molecule has 0 fully saturated rings. The molecule has 0 bridgehead atoms. The highest BCUT2D eigenvalue weighted by molar-refractivity contribution is 5.98. The van der Waals surface area contributed by atoms with E-state index >= 15 is 0 Å². The van der Waals surface area contributed by atoms with Gasteiger partial charge in [0.15, 0.2) is 0 Å². The van der Waals surface area contributed by atoms with Crippen molar-refractivity contribution in [3.05, 3.63) is 59.9 Å². The van der Waals surface area contributed by atoms with Gasteiger partial charge in [-0.2, -0.15) is 0 Å². The molecule has 2 aromatic rings. The van der Waals surface area contributed by atoms with E-state index in [1.165, 1.54) is 5.56 Å². The minimum Gasteiger partial charge on any atom is -0.383 e. The van der Waals surface area contributed by atoms with Gasteiger partial charge in [0.1, 0.15) is 5.84 Å². The molecular formula is C15H17N3. The summed E-state index contributed by atoms with van der Waals surface area (Å²) in [5, 5.41) is 0. The summed E-state index contributed by atoms with van der Waals surface area (Å²) in [7, 11) is 0. The minimum absolute atomic E-state index is 0.509. The third kappa shape index (κ3) is 2.94. The normalized spacial score (nSPS) is 11.8. The van der Waals surface area contributed by atoms with Crippen molar-refractivity contribution in [3.63, 3.8) is 0 Å². The molecule has 1 aromatic carbocycles. The van der Waals surface area contributed by atoms with Crippen LogP contribution in [0.4, 0.5) is 5.69 Å². The van der Waals surface area contributed by atoms with Crippen molar-refractivity contribution in [1.82, 2.24) is 4.98 Å². The van der Waals surface area contributed by atoms with Crippen LogP contribution < -0.4 is 5.73 Å². The van der Waals surface area contributed by atoms with Crippen molar-refractivity contribution < 1.29 is 0 Å². The molecule has 0 aliphatic heterocycles. The van der Waals surface area contributed by atoms with E-state index in [-0.39, 0.29) is 0 Å². The first-order valence-corrected chi connectivity index (χ1v) is 6.01. The number of aliphatic imine (C=N–C) groups is 1. The second kappa shape index (κ2) is 5.45. The molecule has 0 unspecified atom stereocenters. The van der Waals surface area contributed by atoms with Crippen molar-refractivity contribution in [2.75, 3.05) is 0 Å². The average Bonchev–Trinajstić information content (AvgIpc) is 2.40. The predicted octanol–water partition coefficient (Wildman–Crippen LogP) is 3.24. The van der Waals surface area contributed by atoms with Gasteiger partial charge in [0, 0.05) is 18.0 Å². The molecule has 0 amide bonds. The zero-order valence-corrected chi connectivity index (χ0v) is 10.7. The Morgan fingerprint density at radius 1 is 1.06 bits per heavy atom. The highest BCUT2D eigenvalue weighted by atomic mass is 14.9. The largest absolute Gasteiger partial charge is 0.383 e. The molecule has 2 rings (SSSR count). The summed E-state index contributed by atoms with van der Waals surface area (Å²) in [6.45, 7) is 4.34. The molecule has 1 aromatic heterocycles. The lowest BCUT2D eigenvalue weighted by molar-refractivity contribution is 0.867. The summed E-state index contributed by atoms with van der Waals surface area (Å²) in [5.41, 5.74) is 9.01. The van der Waals surface area contributed by atoms with E-state index in [2.05, 4.69) is 36.0 Å². The van der Waals surface area contributed by atoms with Crippen molar-refractivity contribution >= 4 is 11.5 Å². The number of nitrogens with zero attached hydrogens (tertiary/aromatic N) is 2. The van der Waals surface area contributed by atoms with Gasteiger partial charge in [0.05, 0.1) is 5.69 Å². The van der Waals surface area contributed by atoms with E-state index < -0.39 is 0 Å². The van der Waals surface area contributed by atoms with Crippen molar-refractivity contribution in [3.8, 4) is 0 Å². The molecule has 0 saturated carbocycles. The van der Waals surface area contributed by atoms with Gasteiger partial charge in [0.25, 0.3) is 0 Å². The summed E-state index contributed by atoms with van der Waals surface area (Å²) in [4.78, 5) is 8.35. The molecule has 18 heavy (non-hydrogen) atoms. The lowest BCUT2D eigenvalue weighted by Crippen LogP contribution is -2.12. The second-order valence-electron chi connectivity index (χ2n) is 4.48. The van der Waals surface area contributed by atoms with Crippen LogP contribution in [0.15, 0.2) is 53.8 Å². The summed E-state index contributed by atoms with van der Waals surface area (Å²) < 4.78 is 0. The lowest BCUT2D eigenvalue weighted by atomic mass is 10.0.